The molecule has 0 aliphatic carbocycles. The van der Waals surface area contributed by atoms with Crippen LogP contribution in [0.3, 0.4) is 0 Å². The Morgan fingerprint density at radius 1 is 0.868 bits per heavy atom. The van der Waals surface area contributed by atoms with Gasteiger partial charge in [0.05, 0.1) is 21.4 Å². The van der Waals surface area contributed by atoms with E-state index in [-0.39, 0.29) is 18.4 Å². The number of carbonyl (C=O) groups is 2. The van der Waals surface area contributed by atoms with Crippen LogP contribution in [-0.2, 0) is 4.79 Å². The van der Waals surface area contributed by atoms with Crippen molar-refractivity contribution in [2.75, 3.05) is 18.4 Å². The van der Waals surface area contributed by atoms with Crippen molar-refractivity contribution < 1.29 is 9.59 Å². The van der Waals surface area contributed by atoms with E-state index >= 15 is 0 Å². The van der Waals surface area contributed by atoms with E-state index in [9.17, 15) is 9.59 Å². The normalized spacial score (nSPS) is 10.9. The zero-order valence-corrected chi connectivity index (χ0v) is 22.1. The first-order valence-electron chi connectivity index (χ1n) is 12.1. The number of benzene rings is 4. The van der Waals surface area contributed by atoms with E-state index < -0.39 is 0 Å². The lowest BCUT2D eigenvalue weighted by molar-refractivity contribution is -0.116. The fraction of sp³-hybridized carbons (Fsp3) is 0.100. The summed E-state index contributed by atoms with van der Waals surface area (Å²) in [5, 5.41) is 10.3. The molecule has 0 atom stereocenters. The molecule has 5 aromatic rings. The highest BCUT2D eigenvalue weighted by atomic mass is 35.5. The first-order valence-corrected chi connectivity index (χ1v) is 12.9. The summed E-state index contributed by atoms with van der Waals surface area (Å²) in [5.74, 6) is -0.107. The lowest BCUT2D eigenvalue weighted by Gasteiger charge is -2.21. The topological polar surface area (TPSA) is 67.2 Å². The van der Waals surface area contributed by atoms with E-state index in [1.165, 1.54) is 4.90 Å². The molecule has 0 radical (unpaired) electrons. The maximum atomic E-state index is 13.4. The van der Waals surface area contributed by atoms with Gasteiger partial charge < -0.3 is 10.2 Å². The molecule has 0 saturated carbocycles. The maximum Gasteiger partial charge on any atom is 0.254 e. The highest BCUT2D eigenvalue weighted by molar-refractivity contribution is 6.42. The monoisotopic (exact) mass is 542 g/mol. The van der Waals surface area contributed by atoms with Gasteiger partial charge in [-0.25, -0.2) is 4.68 Å². The van der Waals surface area contributed by atoms with Crippen LogP contribution in [0, 0.1) is 0 Å². The number of nitrogens with one attached hydrogen (secondary N) is 1. The van der Waals surface area contributed by atoms with Gasteiger partial charge in [-0.3, -0.25) is 9.59 Å². The van der Waals surface area contributed by atoms with E-state index in [0.717, 1.165) is 16.3 Å². The van der Waals surface area contributed by atoms with E-state index in [4.69, 9.17) is 28.3 Å². The Morgan fingerprint density at radius 2 is 1.61 bits per heavy atom. The van der Waals surface area contributed by atoms with Gasteiger partial charge in [0.2, 0.25) is 5.91 Å². The molecule has 0 bridgehead atoms. The van der Waals surface area contributed by atoms with Gasteiger partial charge in [0.1, 0.15) is 12.4 Å². The number of likely N-dealkylation sites (N-methyl/N-ethyl adjacent to an activating group) is 1. The SMILES string of the molecule is CCN(CC(=O)Nc1cc(-c2ccccc2)nn1-c1ccc(Cl)c(Cl)c1)C(=O)c1cccc2ccccc12. The van der Waals surface area contributed by atoms with Gasteiger partial charge in [0.25, 0.3) is 5.91 Å². The van der Waals surface area contributed by atoms with Gasteiger partial charge in [-0.05, 0) is 42.0 Å². The van der Waals surface area contributed by atoms with Crippen molar-refractivity contribution in [2.45, 2.75) is 6.92 Å². The molecule has 0 unspecified atom stereocenters. The molecular weight excluding hydrogens is 519 g/mol. The predicted molar refractivity (Wildman–Crippen MR) is 153 cm³/mol. The van der Waals surface area contributed by atoms with Gasteiger partial charge in [0.15, 0.2) is 0 Å². The minimum atomic E-state index is -0.346. The lowest BCUT2D eigenvalue weighted by atomic mass is 10.0. The molecule has 0 aliphatic heterocycles. The Labute approximate surface area is 230 Å². The van der Waals surface area contributed by atoms with Crippen LogP contribution in [0.5, 0.6) is 0 Å². The fourth-order valence-electron chi connectivity index (χ4n) is 4.30. The van der Waals surface area contributed by atoms with Crippen molar-refractivity contribution in [3.8, 4) is 16.9 Å². The number of halogens is 2. The average Bonchev–Trinajstić information content (AvgIpc) is 3.36. The molecule has 1 N–H and O–H groups in total. The van der Waals surface area contributed by atoms with Crippen LogP contribution < -0.4 is 5.32 Å². The minimum absolute atomic E-state index is 0.119. The number of rotatable bonds is 7. The molecule has 5 rings (SSSR count). The van der Waals surface area contributed by atoms with Crippen molar-refractivity contribution in [3.63, 3.8) is 0 Å². The van der Waals surface area contributed by atoms with Gasteiger partial charge in [-0.1, -0.05) is 89.9 Å². The Balaban J connectivity index is 1.43. The zero-order valence-electron chi connectivity index (χ0n) is 20.6. The van der Waals surface area contributed by atoms with Crippen LogP contribution in [0.1, 0.15) is 17.3 Å². The van der Waals surface area contributed by atoms with Crippen molar-refractivity contribution in [3.05, 3.63) is 113 Å². The Hall–Kier alpha value is -4.13. The summed E-state index contributed by atoms with van der Waals surface area (Å²) in [4.78, 5) is 28.2. The summed E-state index contributed by atoms with van der Waals surface area (Å²) in [5.41, 5.74) is 2.76. The number of aromatic nitrogens is 2. The zero-order chi connectivity index (χ0) is 26.6. The number of nitrogens with zero attached hydrogens (tertiary/aromatic N) is 3. The number of hydrogen-bond acceptors (Lipinski definition) is 3. The second-order valence-corrected chi connectivity index (χ2v) is 9.50. The highest BCUT2D eigenvalue weighted by Gasteiger charge is 2.21. The molecule has 0 saturated heterocycles. The average molecular weight is 543 g/mol. The predicted octanol–water partition coefficient (Wildman–Crippen LogP) is 7.10. The summed E-state index contributed by atoms with van der Waals surface area (Å²) in [7, 11) is 0. The fourth-order valence-corrected chi connectivity index (χ4v) is 4.59. The van der Waals surface area contributed by atoms with Crippen molar-refractivity contribution in [1.29, 1.82) is 0 Å². The molecule has 2 amide bonds. The molecule has 190 valence electrons. The Bertz CT molecular complexity index is 1630. The van der Waals surface area contributed by atoms with Crippen molar-refractivity contribution in [1.82, 2.24) is 14.7 Å². The third-order valence-electron chi connectivity index (χ3n) is 6.22. The molecule has 0 aliphatic rings. The van der Waals surface area contributed by atoms with Crippen LogP contribution >= 0.6 is 23.2 Å². The summed E-state index contributed by atoms with van der Waals surface area (Å²) in [6.45, 7) is 2.10. The molecular formula is C30H24Cl2N4O2. The van der Waals surface area contributed by atoms with Crippen LogP contribution in [-0.4, -0.2) is 39.6 Å². The third-order valence-corrected chi connectivity index (χ3v) is 6.96. The second-order valence-electron chi connectivity index (χ2n) is 8.69. The maximum absolute atomic E-state index is 13.4. The first-order chi connectivity index (χ1) is 18.4. The molecule has 38 heavy (non-hydrogen) atoms. The van der Waals surface area contributed by atoms with Gasteiger partial charge >= 0.3 is 0 Å². The molecule has 0 fully saturated rings. The third kappa shape index (κ3) is 5.28. The smallest absolute Gasteiger partial charge is 0.254 e. The summed E-state index contributed by atoms with van der Waals surface area (Å²) < 4.78 is 1.60. The number of carbonyl (C=O) groups excluding carboxylic acids is 2. The molecule has 1 aromatic heterocycles. The van der Waals surface area contributed by atoms with Gasteiger partial charge in [0, 0.05) is 23.7 Å². The number of fused-ring (bicyclic) bond motifs is 1. The Kier molecular flexibility index (Phi) is 7.45. The number of anilines is 1. The van der Waals surface area contributed by atoms with E-state index in [0.29, 0.717) is 39.4 Å². The molecule has 4 aromatic carbocycles. The largest absolute Gasteiger partial charge is 0.330 e. The van der Waals surface area contributed by atoms with Crippen LogP contribution in [0.4, 0.5) is 5.82 Å². The summed E-state index contributed by atoms with van der Waals surface area (Å²) in [6.07, 6.45) is 0. The van der Waals surface area contributed by atoms with Gasteiger partial charge in [-0.15, -0.1) is 0 Å². The van der Waals surface area contributed by atoms with Crippen LogP contribution in [0.2, 0.25) is 10.0 Å². The van der Waals surface area contributed by atoms with Crippen LogP contribution in [0.15, 0.2) is 97.1 Å². The van der Waals surface area contributed by atoms with Crippen molar-refractivity contribution in [2.24, 2.45) is 0 Å². The van der Waals surface area contributed by atoms with Crippen LogP contribution in [0.25, 0.3) is 27.7 Å². The summed E-state index contributed by atoms with van der Waals surface area (Å²) in [6, 6.07) is 29.9. The van der Waals surface area contributed by atoms with E-state index in [1.54, 1.807) is 35.0 Å². The molecule has 1 heterocycles. The number of hydrogen-bond donors (Lipinski definition) is 1. The van der Waals surface area contributed by atoms with E-state index in [1.807, 2.05) is 73.7 Å². The Morgan fingerprint density at radius 3 is 2.37 bits per heavy atom. The molecule has 0 spiro atoms. The number of amides is 2. The minimum Gasteiger partial charge on any atom is -0.330 e. The first kappa shape index (κ1) is 25.5. The van der Waals surface area contributed by atoms with Gasteiger partial charge in [-0.2, -0.15) is 5.10 Å². The molecule has 8 heteroatoms. The van der Waals surface area contributed by atoms with E-state index in [2.05, 4.69) is 5.32 Å². The molecule has 6 nitrogen and oxygen atoms in total. The van der Waals surface area contributed by atoms with Crippen molar-refractivity contribution >= 4 is 51.6 Å². The lowest BCUT2D eigenvalue weighted by Crippen LogP contribution is -2.38. The quantitative estimate of drug-likeness (QED) is 0.238. The highest BCUT2D eigenvalue weighted by Crippen LogP contribution is 2.29. The second kappa shape index (κ2) is 11.1. The summed E-state index contributed by atoms with van der Waals surface area (Å²) >= 11 is 12.4. The standard InChI is InChI=1S/C30H24Cl2N4O2/c1-2-35(30(38)24-14-8-12-20-9-6-7-13-23(20)24)19-29(37)33-28-18-27(21-10-4-3-5-11-21)34-36(28)22-15-16-25(31)26(32)17-22/h3-18H,2,19H2,1H3,(H,33,37).